The first-order chi connectivity index (χ1) is 9.63. The van der Waals surface area contributed by atoms with Crippen LogP contribution < -0.4 is 5.32 Å². The molecule has 0 spiro atoms. The number of nitrogens with one attached hydrogen (secondary N) is 1. The normalized spacial score (nSPS) is 12.6. The van der Waals surface area contributed by atoms with Gasteiger partial charge in [0.1, 0.15) is 0 Å². The van der Waals surface area contributed by atoms with E-state index in [4.69, 9.17) is 23.2 Å². The van der Waals surface area contributed by atoms with Crippen LogP contribution in [0.1, 0.15) is 35.2 Å². The lowest BCUT2D eigenvalue weighted by Crippen LogP contribution is -2.22. The number of benzene rings is 1. The van der Waals surface area contributed by atoms with Gasteiger partial charge in [0.05, 0.1) is 10.0 Å². The van der Waals surface area contributed by atoms with E-state index >= 15 is 0 Å². The van der Waals surface area contributed by atoms with Crippen molar-refractivity contribution in [3.8, 4) is 0 Å². The first-order valence-electron chi connectivity index (χ1n) is 6.90. The smallest absolute Gasteiger partial charge is 0.0595 e. The zero-order valence-electron chi connectivity index (χ0n) is 11.7. The van der Waals surface area contributed by atoms with E-state index in [9.17, 15) is 0 Å². The molecular weight excluding hydrogens is 309 g/mol. The highest BCUT2D eigenvalue weighted by molar-refractivity contribution is 7.12. The Hall–Kier alpha value is -0.540. The van der Waals surface area contributed by atoms with E-state index < -0.39 is 0 Å². The lowest BCUT2D eigenvalue weighted by Gasteiger charge is -2.17. The summed E-state index contributed by atoms with van der Waals surface area (Å²) in [6, 6.07) is 10.7. The number of thiophene rings is 1. The molecule has 0 aliphatic carbocycles. The third-order valence-corrected chi connectivity index (χ3v) is 5.33. The predicted octanol–water partition coefficient (Wildman–Crippen LogP) is 5.51. The summed E-state index contributed by atoms with van der Waals surface area (Å²) in [6.45, 7) is 5.28. The third kappa shape index (κ3) is 3.98. The molecule has 1 aromatic carbocycles. The zero-order chi connectivity index (χ0) is 14.5. The molecule has 2 rings (SSSR count). The minimum atomic E-state index is 0.336. The molecule has 0 aliphatic heterocycles. The van der Waals surface area contributed by atoms with E-state index in [1.165, 1.54) is 15.3 Å². The van der Waals surface area contributed by atoms with E-state index in [0.717, 1.165) is 19.4 Å². The number of hydrogen-bond acceptors (Lipinski definition) is 2. The summed E-state index contributed by atoms with van der Waals surface area (Å²) in [5.41, 5.74) is 1.21. The minimum Gasteiger partial charge on any atom is -0.309 e. The molecule has 0 aliphatic rings. The van der Waals surface area contributed by atoms with E-state index in [-0.39, 0.29) is 0 Å². The molecule has 108 valence electrons. The van der Waals surface area contributed by atoms with Crippen LogP contribution in [0.2, 0.25) is 10.0 Å². The van der Waals surface area contributed by atoms with E-state index in [0.29, 0.717) is 16.1 Å². The monoisotopic (exact) mass is 327 g/mol. The van der Waals surface area contributed by atoms with Crippen LogP contribution in [0.15, 0.2) is 30.3 Å². The summed E-state index contributed by atoms with van der Waals surface area (Å²) >= 11 is 14.0. The highest BCUT2D eigenvalue weighted by atomic mass is 35.5. The number of aryl methyl sites for hydroxylation is 1. The van der Waals surface area contributed by atoms with Crippen LogP contribution in [0.5, 0.6) is 0 Å². The highest BCUT2D eigenvalue weighted by Crippen LogP contribution is 2.29. The maximum Gasteiger partial charge on any atom is 0.0595 e. The second-order valence-electron chi connectivity index (χ2n) is 4.72. The summed E-state index contributed by atoms with van der Waals surface area (Å²) in [7, 11) is 0. The maximum atomic E-state index is 6.10. The van der Waals surface area contributed by atoms with E-state index in [1.54, 1.807) is 0 Å². The lowest BCUT2D eigenvalue weighted by atomic mass is 10.0. The Labute approximate surface area is 134 Å². The molecule has 1 atom stereocenters. The molecule has 0 bridgehead atoms. The molecule has 1 unspecified atom stereocenters. The van der Waals surface area contributed by atoms with E-state index in [2.05, 4.69) is 31.3 Å². The van der Waals surface area contributed by atoms with E-state index in [1.807, 2.05) is 29.5 Å². The van der Waals surface area contributed by atoms with Crippen molar-refractivity contribution in [3.05, 3.63) is 55.7 Å². The second kappa shape index (κ2) is 7.46. The highest BCUT2D eigenvalue weighted by Gasteiger charge is 2.14. The summed E-state index contributed by atoms with van der Waals surface area (Å²) in [4.78, 5) is 2.81. The predicted molar refractivity (Wildman–Crippen MR) is 90.3 cm³/mol. The SMILES string of the molecule is CCNC(Cc1ccc(Cl)c(Cl)c1)c1ccc(CC)s1. The van der Waals surface area contributed by atoms with Crippen molar-refractivity contribution >= 4 is 34.5 Å². The number of likely N-dealkylation sites (N-methyl/N-ethyl adjacent to an activating group) is 1. The first kappa shape index (κ1) is 15.8. The Balaban J connectivity index is 2.18. The van der Waals surface area contributed by atoms with Gasteiger partial charge in [-0.15, -0.1) is 11.3 Å². The van der Waals surface area contributed by atoms with Gasteiger partial charge in [0.25, 0.3) is 0 Å². The van der Waals surface area contributed by atoms with Crippen LogP contribution in [0.4, 0.5) is 0 Å². The van der Waals surface area contributed by atoms with Crippen LogP contribution in [0.3, 0.4) is 0 Å². The van der Waals surface area contributed by atoms with Crippen LogP contribution in [0, 0.1) is 0 Å². The van der Waals surface area contributed by atoms with Crippen molar-refractivity contribution in [1.29, 1.82) is 0 Å². The fourth-order valence-electron chi connectivity index (χ4n) is 2.19. The number of halogens is 2. The Morgan fingerprint density at radius 3 is 2.50 bits per heavy atom. The van der Waals surface area contributed by atoms with Crippen LogP contribution >= 0.6 is 34.5 Å². The summed E-state index contributed by atoms with van der Waals surface area (Å²) in [6.07, 6.45) is 2.02. The van der Waals surface area contributed by atoms with Gasteiger partial charge < -0.3 is 5.32 Å². The number of hydrogen-bond donors (Lipinski definition) is 1. The summed E-state index contributed by atoms with van der Waals surface area (Å²) in [5.74, 6) is 0. The van der Waals surface area contributed by atoms with Crippen LogP contribution in [-0.4, -0.2) is 6.54 Å². The van der Waals surface area contributed by atoms with Crippen molar-refractivity contribution in [2.75, 3.05) is 6.54 Å². The molecule has 1 N–H and O–H groups in total. The standard InChI is InChI=1S/C16H19Cl2NS/c1-3-12-6-8-16(20-12)15(19-4-2)10-11-5-7-13(17)14(18)9-11/h5-9,15,19H,3-4,10H2,1-2H3. The molecule has 4 heteroatoms. The molecule has 0 saturated heterocycles. The average Bonchev–Trinajstić information content (AvgIpc) is 2.91. The van der Waals surface area contributed by atoms with Crippen LogP contribution in [-0.2, 0) is 12.8 Å². The van der Waals surface area contributed by atoms with Crippen molar-refractivity contribution < 1.29 is 0 Å². The average molecular weight is 328 g/mol. The van der Waals surface area contributed by atoms with Gasteiger partial charge in [-0.1, -0.05) is 43.1 Å². The zero-order valence-corrected chi connectivity index (χ0v) is 14.1. The molecule has 0 saturated carbocycles. The topological polar surface area (TPSA) is 12.0 Å². The fraction of sp³-hybridized carbons (Fsp3) is 0.375. The first-order valence-corrected chi connectivity index (χ1v) is 8.47. The van der Waals surface area contributed by atoms with Crippen molar-refractivity contribution in [1.82, 2.24) is 5.32 Å². The maximum absolute atomic E-state index is 6.10. The van der Waals surface area contributed by atoms with Gasteiger partial charge in [-0.2, -0.15) is 0 Å². The minimum absolute atomic E-state index is 0.336. The van der Waals surface area contributed by atoms with Gasteiger partial charge in [-0.3, -0.25) is 0 Å². The van der Waals surface area contributed by atoms with Crippen molar-refractivity contribution in [2.45, 2.75) is 32.7 Å². The Bertz CT molecular complexity index is 565. The van der Waals surface area contributed by atoms with Crippen molar-refractivity contribution in [3.63, 3.8) is 0 Å². The quantitative estimate of drug-likeness (QED) is 0.737. The molecule has 20 heavy (non-hydrogen) atoms. The summed E-state index contributed by atoms with van der Waals surface area (Å²) < 4.78 is 0. The molecule has 0 fully saturated rings. The van der Waals surface area contributed by atoms with Gasteiger partial charge in [0, 0.05) is 15.8 Å². The summed E-state index contributed by atoms with van der Waals surface area (Å²) in [5, 5.41) is 4.79. The molecule has 1 aromatic heterocycles. The molecule has 2 aromatic rings. The largest absolute Gasteiger partial charge is 0.309 e. The molecular formula is C16H19Cl2NS. The third-order valence-electron chi connectivity index (χ3n) is 3.25. The van der Waals surface area contributed by atoms with Gasteiger partial charge in [0.2, 0.25) is 0 Å². The van der Waals surface area contributed by atoms with Gasteiger partial charge in [0.15, 0.2) is 0 Å². The molecule has 1 heterocycles. The number of rotatable bonds is 6. The molecule has 0 amide bonds. The van der Waals surface area contributed by atoms with Gasteiger partial charge >= 0.3 is 0 Å². The van der Waals surface area contributed by atoms with Crippen molar-refractivity contribution in [2.24, 2.45) is 0 Å². The molecule has 0 radical (unpaired) electrons. The second-order valence-corrected chi connectivity index (χ2v) is 6.73. The van der Waals surface area contributed by atoms with Crippen LogP contribution in [0.25, 0.3) is 0 Å². The lowest BCUT2D eigenvalue weighted by molar-refractivity contribution is 0.558. The Kier molecular flexibility index (Phi) is 5.91. The molecule has 1 nitrogen and oxygen atoms in total. The Morgan fingerprint density at radius 1 is 1.10 bits per heavy atom. The fourth-order valence-corrected chi connectivity index (χ4v) is 3.54. The van der Waals surface area contributed by atoms with Gasteiger partial charge in [-0.05, 0) is 49.2 Å². The Morgan fingerprint density at radius 2 is 1.90 bits per heavy atom. The van der Waals surface area contributed by atoms with Gasteiger partial charge in [-0.25, -0.2) is 0 Å².